The van der Waals surface area contributed by atoms with Crippen molar-refractivity contribution in [3.05, 3.63) is 83.0 Å². The topological polar surface area (TPSA) is 67.8 Å². The molecule has 0 saturated heterocycles. The Bertz CT molecular complexity index is 1120. The molecular formula is C22H18N4OS. The molecule has 0 fully saturated rings. The highest BCUT2D eigenvalue weighted by atomic mass is 32.1. The Kier molecular flexibility index (Phi) is 4.95. The summed E-state index contributed by atoms with van der Waals surface area (Å²) < 4.78 is 0. The summed E-state index contributed by atoms with van der Waals surface area (Å²) in [5.41, 5.74) is 5.60. The van der Waals surface area contributed by atoms with E-state index in [9.17, 15) is 4.79 Å². The molecular weight excluding hydrogens is 368 g/mol. The van der Waals surface area contributed by atoms with E-state index in [0.717, 1.165) is 22.4 Å². The lowest BCUT2D eigenvalue weighted by Gasteiger charge is -2.04. The van der Waals surface area contributed by atoms with Gasteiger partial charge in [-0.05, 0) is 19.4 Å². The lowest BCUT2D eigenvalue weighted by molar-refractivity contribution is 0.102. The third kappa shape index (κ3) is 3.82. The van der Waals surface area contributed by atoms with Gasteiger partial charge >= 0.3 is 0 Å². The Morgan fingerprint density at radius 3 is 2.46 bits per heavy atom. The van der Waals surface area contributed by atoms with Crippen molar-refractivity contribution in [1.82, 2.24) is 15.0 Å². The molecule has 0 aliphatic carbocycles. The maximum Gasteiger partial charge on any atom is 0.260 e. The number of aromatic nitrogens is 3. The maximum atomic E-state index is 12.5. The Morgan fingerprint density at radius 2 is 1.75 bits per heavy atom. The van der Waals surface area contributed by atoms with E-state index in [4.69, 9.17) is 0 Å². The fraction of sp³-hybridized carbons (Fsp3) is 0.0909. The first-order chi connectivity index (χ1) is 13.6. The summed E-state index contributed by atoms with van der Waals surface area (Å²) in [6, 6.07) is 15.9. The zero-order chi connectivity index (χ0) is 19.5. The highest BCUT2D eigenvalue weighted by molar-refractivity contribution is 7.14. The van der Waals surface area contributed by atoms with Crippen LogP contribution >= 0.6 is 11.3 Å². The van der Waals surface area contributed by atoms with Crippen LogP contribution in [0.25, 0.3) is 22.6 Å². The number of thiazole rings is 1. The normalized spacial score (nSPS) is 10.6. The summed E-state index contributed by atoms with van der Waals surface area (Å²) in [4.78, 5) is 25.6. The Morgan fingerprint density at radius 1 is 1.00 bits per heavy atom. The first-order valence-electron chi connectivity index (χ1n) is 8.82. The summed E-state index contributed by atoms with van der Waals surface area (Å²) in [6.45, 7) is 4.13. The molecule has 0 unspecified atom stereocenters. The van der Waals surface area contributed by atoms with E-state index in [1.807, 2.05) is 35.7 Å². The highest BCUT2D eigenvalue weighted by Crippen LogP contribution is 2.28. The zero-order valence-electron chi connectivity index (χ0n) is 15.5. The van der Waals surface area contributed by atoms with Crippen LogP contribution in [0.2, 0.25) is 0 Å². The zero-order valence-corrected chi connectivity index (χ0v) is 16.3. The molecule has 2 aromatic heterocycles. The van der Waals surface area contributed by atoms with Crippen LogP contribution < -0.4 is 5.32 Å². The minimum atomic E-state index is -0.277. The van der Waals surface area contributed by atoms with E-state index in [0.29, 0.717) is 16.5 Å². The molecule has 138 valence electrons. The van der Waals surface area contributed by atoms with Gasteiger partial charge in [-0.2, -0.15) is 0 Å². The fourth-order valence-electron chi connectivity index (χ4n) is 2.91. The van der Waals surface area contributed by atoms with Crippen molar-refractivity contribution < 1.29 is 4.79 Å². The van der Waals surface area contributed by atoms with E-state index >= 15 is 0 Å². The van der Waals surface area contributed by atoms with Gasteiger partial charge in [0.15, 0.2) is 11.0 Å². The smallest absolute Gasteiger partial charge is 0.260 e. The monoisotopic (exact) mass is 386 g/mol. The van der Waals surface area contributed by atoms with Gasteiger partial charge in [0.1, 0.15) is 0 Å². The molecule has 28 heavy (non-hydrogen) atoms. The Hall–Kier alpha value is -3.38. The second-order valence-corrected chi connectivity index (χ2v) is 7.33. The first kappa shape index (κ1) is 18.0. The van der Waals surface area contributed by atoms with Gasteiger partial charge in [0.25, 0.3) is 5.91 Å². The lowest BCUT2D eigenvalue weighted by Crippen LogP contribution is -2.12. The number of benzene rings is 2. The number of amides is 1. The molecule has 0 saturated carbocycles. The van der Waals surface area contributed by atoms with E-state index in [-0.39, 0.29) is 5.91 Å². The molecule has 2 aromatic carbocycles. The first-order valence-corrected chi connectivity index (χ1v) is 9.70. The van der Waals surface area contributed by atoms with Crippen molar-refractivity contribution in [2.45, 2.75) is 13.8 Å². The van der Waals surface area contributed by atoms with Gasteiger partial charge in [0, 0.05) is 28.9 Å². The van der Waals surface area contributed by atoms with Crippen molar-refractivity contribution >= 4 is 22.4 Å². The van der Waals surface area contributed by atoms with Crippen LogP contribution in [0.15, 0.2) is 66.3 Å². The van der Waals surface area contributed by atoms with Crippen LogP contribution in [-0.4, -0.2) is 20.9 Å². The molecule has 0 aliphatic rings. The summed E-state index contributed by atoms with van der Waals surface area (Å²) in [5.74, 6) is 0.310. The molecule has 1 amide bonds. The quantitative estimate of drug-likeness (QED) is 0.527. The molecule has 2 heterocycles. The number of carbonyl (C=O) groups is 1. The molecule has 0 aliphatic heterocycles. The van der Waals surface area contributed by atoms with Crippen LogP contribution in [0.3, 0.4) is 0 Å². The molecule has 0 atom stereocenters. The van der Waals surface area contributed by atoms with Crippen LogP contribution in [-0.2, 0) is 0 Å². The van der Waals surface area contributed by atoms with Crippen molar-refractivity contribution in [3.8, 4) is 22.6 Å². The molecule has 1 N–H and O–H groups in total. The second-order valence-electron chi connectivity index (χ2n) is 6.47. The Labute approximate surface area is 167 Å². The van der Waals surface area contributed by atoms with E-state index in [1.54, 1.807) is 0 Å². The van der Waals surface area contributed by atoms with Crippen molar-refractivity contribution in [3.63, 3.8) is 0 Å². The summed E-state index contributed by atoms with van der Waals surface area (Å²) >= 11 is 1.40. The fourth-order valence-corrected chi connectivity index (χ4v) is 3.61. The standard InChI is InChI=1S/C22H18N4OS/c1-14-8-9-18(15(2)10-14)19-13-28-22(25-19)26-21(27)17-11-23-20(24-12-17)16-6-4-3-5-7-16/h3-13H,1-2H3,(H,25,26,27). The number of nitrogens with one attached hydrogen (secondary N) is 1. The van der Waals surface area contributed by atoms with Gasteiger partial charge in [-0.3, -0.25) is 10.1 Å². The molecule has 4 rings (SSSR count). The number of nitrogens with zero attached hydrogens (tertiary/aromatic N) is 3. The molecule has 0 radical (unpaired) electrons. The van der Waals surface area contributed by atoms with Crippen LogP contribution in [0.5, 0.6) is 0 Å². The van der Waals surface area contributed by atoms with Gasteiger partial charge in [-0.1, -0.05) is 54.1 Å². The van der Waals surface area contributed by atoms with E-state index in [1.165, 1.54) is 29.3 Å². The molecule has 0 bridgehead atoms. The summed E-state index contributed by atoms with van der Waals surface area (Å²) in [6.07, 6.45) is 3.06. The minimum Gasteiger partial charge on any atom is -0.298 e. The predicted octanol–water partition coefficient (Wildman–Crippen LogP) is 5.14. The highest BCUT2D eigenvalue weighted by Gasteiger charge is 2.12. The molecule has 0 spiro atoms. The van der Waals surface area contributed by atoms with Gasteiger partial charge in [-0.25, -0.2) is 15.0 Å². The van der Waals surface area contributed by atoms with Crippen LogP contribution in [0.4, 0.5) is 5.13 Å². The maximum absolute atomic E-state index is 12.5. The number of hydrogen-bond acceptors (Lipinski definition) is 5. The SMILES string of the molecule is Cc1ccc(-c2csc(NC(=O)c3cnc(-c4ccccc4)nc3)n2)c(C)c1. The number of anilines is 1. The average molecular weight is 386 g/mol. The number of carbonyl (C=O) groups excluding carboxylic acids is 1. The van der Waals surface area contributed by atoms with Crippen molar-refractivity contribution in [2.24, 2.45) is 0 Å². The summed E-state index contributed by atoms with van der Waals surface area (Å²) in [5, 5.41) is 5.32. The van der Waals surface area contributed by atoms with Crippen LogP contribution in [0, 0.1) is 13.8 Å². The van der Waals surface area contributed by atoms with Crippen molar-refractivity contribution in [1.29, 1.82) is 0 Å². The molecule has 4 aromatic rings. The van der Waals surface area contributed by atoms with Crippen molar-refractivity contribution in [2.75, 3.05) is 5.32 Å². The number of hydrogen-bond donors (Lipinski definition) is 1. The van der Waals surface area contributed by atoms with Gasteiger partial charge < -0.3 is 0 Å². The van der Waals surface area contributed by atoms with E-state index in [2.05, 4.69) is 52.3 Å². The van der Waals surface area contributed by atoms with Gasteiger partial charge in [-0.15, -0.1) is 11.3 Å². The van der Waals surface area contributed by atoms with Gasteiger partial charge in [0.2, 0.25) is 0 Å². The lowest BCUT2D eigenvalue weighted by atomic mass is 10.0. The Balaban J connectivity index is 1.49. The molecule has 6 heteroatoms. The number of rotatable bonds is 4. The van der Waals surface area contributed by atoms with E-state index < -0.39 is 0 Å². The summed E-state index contributed by atoms with van der Waals surface area (Å²) in [7, 11) is 0. The van der Waals surface area contributed by atoms with Crippen LogP contribution in [0.1, 0.15) is 21.5 Å². The average Bonchev–Trinajstić information content (AvgIpc) is 3.17. The molecule has 5 nitrogen and oxygen atoms in total. The third-order valence-electron chi connectivity index (χ3n) is 4.33. The number of aryl methyl sites for hydroxylation is 2. The predicted molar refractivity (Wildman–Crippen MR) is 112 cm³/mol. The third-order valence-corrected chi connectivity index (χ3v) is 5.09. The second kappa shape index (κ2) is 7.70. The minimum absolute atomic E-state index is 0.277. The largest absolute Gasteiger partial charge is 0.298 e. The van der Waals surface area contributed by atoms with Gasteiger partial charge in [0.05, 0.1) is 11.3 Å².